The molecule has 35 heavy (non-hydrogen) atoms. The zero-order valence-corrected chi connectivity index (χ0v) is 19.4. The van der Waals surface area contributed by atoms with E-state index < -0.39 is 11.7 Å². The summed E-state index contributed by atoms with van der Waals surface area (Å²) in [5, 5.41) is 14.0. The van der Waals surface area contributed by atoms with E-state index in [0.29, 0.717) is 60.0 Å². The Morgan fingerprint density at radius 2 is 1.60 bits per heavy atom. The Kier molecular flexibility index (Phi) is 5.68. The fourth-order valence-corrected chi connectivity index (χ4v) is 4.56. The van der Waals surface area contributed by atoms with Crippen LogP contribution in [-0.2, 0) is 0 Å². The van der Waals surface area contributed by atoms with Crippen molar-refractivity contribution in [1.82, 2.24) is 19.5 Å². The highest BCUT2D eigenvalue weighted by molar-refractivity contribution is 5.85. The third-order valence-corrected chi connectivity index (χ3v) is 6.42. The van der Waals surface area contributed by atoms with Gasteiger partial charge in [0.05, 0.1) is 16.8 Å². The van der Waals surface area contributed by atoms with Gasteiger partial charge in [0.25, 0.3) is 5.56 Å². The highest BCUT2D eigenvalue weighted by Gasteiger charge is 2.26. The summed E-state index contributed by atoms with van der Waals surface area (Å²) in [6.45, 7) is 5.04. The number of aryl methyl sites for hydroxylation is 2. The Balaban J connectivity index is 1.77. The summed E-state index contributed by atoms with van der Waals surface area (Å²) in [5.41, 5.74) is 3.69. The van der Waals surface area contributed by atoms with Crippen molar-refractivity contribution in [2.75, 3.05) is 31.1 Å². The molecule has 1 fully saturated rings. The van der Waals surface area contributed by atoms with Crippen LogP contribution in [0.2, 0.25) is 0 Å². The summed E-state index contributed by atoms with van der Waals surface area (Å²) in [6, 6.07) is 15.8. The molecule has 1 saturated heterocycles. The minimum Gasteiger partial charge on any atom is -0.465 e. The minimum atomic E-state index is -0.974. The van der Waals surface area contributed by atoms with Gasteiger partial charge in [0.1, 0.15) is 5.82 Å². The fraction of sp³-hybridized carbons (Fsp3) is 0.231. The van der Waals surface area contributed by atoms with Crippen LogP contribution in [0.25, 0.3) is 27.8 Å². The van der Waals surface area contributed by atoms with Crippen LogP contribution in [0.4, 0.5) is 15.1 Å². The summed E-state index contributed by atoms with van der Waals surface area (Å²) in [6.07, 6.45) is -0.974. The lowest BCUT2D eigenvalue weighted by Gasteiger charge is -2.34. The smallest absolute Gasteiger partial charge is 0.407 e. The number of amides is 1. The topological polar surface area (TPSA) is 91.0 Å². The number of hydrogen-bond donors (Lipinski definition) is 1. The molecule has 3 heterocycles. The highest BCUT2D eigenvalue weighted by Crippen LogP contribution is 2.32. The van der Waals surface area contributed by atoms with Crippen molar-refractivity contribution >= 4 is 17.6 Å². The van der Waals surface area contributed by atoms with Crippen LogP contribution in [0.5, 0.6) is 0 Å². The van der Waals surface area contributed by atoms with Gasteiger partial charge in [-0.05, 0) is 37.1 Å². The van der Waals surface area contributed by atoms with Gasteiger partial charge in [0.15, 0.2) is 0 Å². The average Bonchev–Trinajstić information content (AvgIpc) is 2.85. The van der Waals surface area contributed by atoms with E-state index in [1.165, 1.54) is 11.0 Å². The Bertz CT molecular complexity index is 1510. The predicted molar refractivity (Wildman–Crippen MR) is 131 cm³/mol. The maximum absolute atomic E-state index is 14.7. The standard InChI is InChI=1S/C26H24FN5O3/c1-16-7-3-4-8-18(16)23-22-15-20(19-9-5-6-10-21(19)27)17(2)29-32(22)25(28-24(23)33)30-11-13-31(14-12-30)26(34)35/h3-10,15H,11-14H2,1-2H3,(H,34,35). The third-order valence-electron chi connectivity index (χ3n) is 6.42. The van der Waals surface area contributed by atoms with Crippen molar-refractivity contribution in [1.29, 1.82) is 0 Å². The van der Waals surface area contributed by atoms with Crippen molar-refractivity contribution in [2.45, 2.75) is 13.8 Å². The van der Waals surface area contributed by atoms with Crippen molar-refractivity contribution in [3.05, 3.63) is 82.0 Å². The van der Waals surface area contributed by atoms with Gasteiger partial charge in [0, 0.05) is 37.3 Å². The molecule has 0 aliphatic carbocycles. The first-order valence-corrected chi connectivity index (χ1v) is 11.3. The minimum absolute atomic E-state index is 0.291. The second-order valence-electron chi connectivity index (χ2n) is 8.58. The van der Waals surface area contributed by atoms with Gasteiger partial charge >= 0.3 is 6.09 Å². The van der Waals surface area contributed by atoms with Crippen LogP contribution >= 0.6 is 0 Å². The summed E-state index contributed by atoms with van der Waals surface area (Å²) >= 11 is 0. The first-order valence-electron chi connectivity index (χ1n) is 11.3. The Morgan fingerprint density at radius 1 is 0.943 bits per heavy atom. The molecule has 8 nitrogen and oxygen atoms in total. The molecule has 0 spiro atoms. The number of carbonyl (C=O) groups is 1. The number of benzene rings is 2. The highest BCUT2D eigenvalue weighted by atomic mass is 19.1. The molecular weight excluding hydrogens is 449 g/mol. The Hall–Kier alpha value is -4.27. The SMILES string of the molecule is Cc1ccccc1-c1c(=O)nc(N2CCN(C(=O)O)CC2)n2nc(C)c(-c3ccccc3F)cc12. The van der Waals surface area contributed by atoms with Crippen LogP contribution in [0.3, 0.4) is 0 Å². The lowest BCUT2D eigenvalue weighted by molar-refractivity contribution is 0.142. The van der Waals surface area contributed by atoms with Gasteiger partial charge < -0.3 is 14.9 Å². The lowest BCUT2D eigenvalue weighted by Crippen LogP contribution is -2.49. The number of aromatic nitrogens is 3. The molecule has 1 amide bonds. The molecule has 0 unspecified atom stereocenters. The van der Waals surface area contributed by atoms with E-state index in [4.69, 9.17) is 5.10 Å². The zero-order valence-electron chi connectivity index (χ0n) is 19.4. The first-order chi connectivity index (χ1) is 16.8. The van der Waals surface area contributed by atoms with Crippen LogP contribution < -0.4 is 10.5 Å². The molecule has 9 heteroatoms. The lowest BCUT2D eigenvalue weighted by atomic mass is 9.98. The van der Waals surface area contributed by atoms with E-state index in [-0.39, 0.29) is 5.82 Å². The van der Waals surface area contributed by atoms with E-state index in [9.17, 15) is 19.1 Å². The molecule has 0 atom stereocenters. The summed E-state index contributed by atoms with van der Waals surface area (Å²) in [4.78, 5) is 32.4. The number of hydrogen-bond acceptors (Lipinski definition) is 5. The second-order valence-corrected chi connectivity index (χ2v) is 8.58. The van der Waals surface area contributed by atoms with Crippen LogP contribution in [0, 0.1) is 19.7 Å². The Labute approximate surface area is 200 Å². The Morgan fingerprint density at radius 3 is 2.26 bits per heavy atom. The first kappa shape index (κ1) is 22.5. The monoisotopic (exact) mass is 473 g/mol. The van der Waals surface area contributed by atoms with Gasteiger partial charge in [-0.25, -0.2) is 9.18 Å². The second kappa shape index (κ2) is 8.83. The fourth-order valence-electron chi connectivity index (χ4n) is 4.56. The van der Waals surface area contributed by atoms with Crippen molar-refractivity contribution in [3.8, 4) is 22.3 Å². The van der Waals surface area contributed by atoms with Crippen molar-refractivity contribution in [3.63, 3.8) is 0 Å². The maximum atomic E-state index is 14.7. The molecule has 5 rings (SSSR count). The van der Waals surface area contributed by atoms with E-state index in [0.717, 1.165) is 11.1 Å². The number of nitrogens with zero attached hydrogens (tertiary/aromatic N) is 5. The molecule has 2 aromatic carbocycles. The zero-order chi connectivity index (χ0) is 24.7. The van der Waals surface area contributed by atoms with E-state index >= 15 is 0 Å². The van der Waals surface area contributed by atoms with Gasteiger partial charge in [0.2, 0.25) is 5.95 Å². The van der Waals surface area contributed by atoms with Gasteiger partial charge in [-0.2, -0.15) is 14.6 Å². The molecular formula is C26H24FN5O3. The molecule has 1 aliphatic rings. The molecule has 0 bridgehead atoms. The summed E-state index contributed by atoms with van der Waals surface area (Å²) in [7, 11) is 0. The number of rotatable bonds is 3. The number of carboxylic acid groups (broad SMARTS) is 1. The van der Waals surface area contributed by atoms with Crippen molar-refractivity contribution < 1.29 is 14.3 Å². The van der Waals surface area contributed by atoms with Crippen molar-refractivity contribution in [2.24, 2.45) is 0 Å². The van der Waals surface area contributed by atoms with Gasteiger partial charge in [-0.15, -0.1) is 0 Å². The molecule has 2 aromatic heterocycles. The van der Waals surface area contributed by atoms with Gasteiger partial charge in [-0.1, -0.05) is 42.5 Å². The summed E-state index contributed by atoms with van der Waals surface area (Å²) in [5.74, 6) is -0.0313. The maximum Gasteiger partial charge on any atom is 0.407 e. The number of piperazine rings is 1. The van der Waals surface area contributed by atoms with E-state index in [2.05, 4.69) is 4.98 Å². The molecule has 1 aliphatic heterocycles. The van der Waals surface area contributed by atoms with Crippen LogP contribution in [-0.4, -0.2) is 56.9 Å². The average molecular weight is 474 g/mol. The van der Waals surface area contributed by atoms with E-state index in [1.807, 2.05) is 36.1 Å². The molecule has 178 valence electrons. The normalized spacial score (nSPS) is 13.9. The predicted octanol–water partition coefficient (Wildman–Crippen LogP) is 3.98. The number of halogens is 1. The van der Waals surface area contributed by atoms with Crippen LogP contribution in [0.1, 0.15) is 11.3 Å². The summed E-state index contributed by atoms with van der Waals surface area (Å²) < 4.78 is 16.3. The van der Waals surface area contributed by atoms with Gasteiger partial charge in [-0.3, -0.25) is 4.79 Å². The molecule has 4 aromatic rings. The largest absolute Gasteiger partial charge is 0.465 e. The van der Waals surface area contributed by atoms with E-state index in [1.54, 1.807) is 35.7 Å². The van der Waals surface area contributed by atoms with Crippen LogP contribution in [0.15, 0.2) is 59.4 Å². The quantitative estimate of drug-likeness (QED) is 0.484. The molecule has 0 radical (unpaired) electrons. The molecule has 1 N–H and O–H groups in total. The third kappa shape index (κ3) is 3.99. The molecule has 0 saturated carbocycles. The number of anilines is 1. The number of fused-ring (bicyclic) bond motifs is 1.